The number of hydrogen-bond acceptors (Lipinski definition) is 7. The van der Waals surface area contributed by atoms with Crippen molar-refractivity contribution in [1.29, 1.82) is 0 Å². The van der Waals surface area contributed by atoms with Gasteiger partial charge in [-0.3, -0.25) is 4.68 Å². The Morgan fingerprint density at radius 2 is 1.84 bits per heavy atom. The summed E-state index contributed by atoms with van der Waals surface area (Å²) in [6.45, 7) is 2.26. The molecule has 2 heterocycles. The van der Waals surface area contributed by atoms with Gasteiger partial charge in [0, 0.05) is 10.7 Å². The Morgan fingerprint density at radius 1 is 1.16 bits per heavy atom. The number of esters is 2. The summed E-state index contributed by atoms with van der Waals surface area (Å²) in [5.41, 5.74) is 2.49. The number of rotatable bonds is 6. The molecule has 8 nitrogen and oxygen atoms in total. The second kappa shape index (κ2) is 10.0. The number of hydrogen-bond donors (Lipinski definition) is 2. The van der Waals surface area contributed by atoms with Crippen molar-refractivity contribution in [2.24, 2.45) is 0 Å². The third kappa shape index (κ3) is 5.49. The van der Waals surface area contributed by atoms with E-state index < -0.39 is 11.9 Å². The number of thiocarbonyl (C=S) groups is 1. The molecule has 3 aromatic rings. The highest BCUT2D eigenvalue weighted by Gasteiger charge is 2.26. The van der Waals surface area contributed by atoms with Crippen LogP contribution in [0, 0.1) is 6.92 Å². The molecule has 3 rings (SSSR count). The maximum absolute atomic E-state index is 12.2. The summed E-state index contributed by atoms with van der Waals surface area (Å²) in [4.78, 5) is 24.5. The van der Waals surface area contributed by atoms with E-state index in [4.69, 9.17) is 21.7 Å². The number of methoxy groups -OCH3 is 2. The van der Waals surface area contributed by atoms with Crippen LogP contribution in [0.3, 0.4) is 0 Å². The van der Waals surface area contributed by atoms with Crippen molar-refractivity contribution in [3.63, 3.8) is 0 Å². The molecule has 0 bridgehead atoms. The first-order valence-corrected chi connectivity index (χ1v) is 11.0. The Bertz CT molecular complexity index is 1120. The zero-order valence-electron chi connectivity index (χ0n) is 16.9. The quantitative estimate of drug-likeness (QED) is 0.362. The molecule has 0 radical (unpaired) electrons. The maximum Gasteiger partial charge on any atom is 0.348 e. The molecule has 0 atom stereocenters. The van der Waals surface area contributed by atoms with E-state index in [0.717, 1.165) is 21.4 Å². The van der Waals surface area contributed by atoms with Gasteiger partial charge in [0.25, 0.3) is 0 Å². The Kier molecular flexibility index (Phi) is 7.42. The van der Waals surface area contributed by atoms with E-state index in [0.29, 0.717) is 27.7 Å². The fourth-order valence-corrected chi connectivity index (χ4v) is 4.46. The highest BCUT2D eigenvalue weighted by Crippen LogP contribution is 2.34. The molecule has 0 saturated carbocycles. The molecule has 0 amide bonds. The van der Waals surface area contributed by atoms with Crippen LogP contribution in [0.4, 0.5) is 10.7 Å². The number of aromatic nitrogens is 2. The number of nitrogens with zero attached hydrogens (tertiary/aromatic N) is 2. The van der Waals surface area contributed by atoms with Gasteiger partial charge in [-0.15, -0.1) is 11.3 Å². The van der Waals surface area contributed by atoms with E-state index in [9.17, 15) is 9.59 Å². The van der Waals surface area contributed by atoms with Crippen molar-refractivity contribution in [3.05, 3.63) is 62.7 Å². The highest BCUT2D eigenvalue weighted by molar-refractivity contribution is 9.10. The summed E-state index contributed by atoms with van der Waals surface area (Å²) in [7, 11) is 2.56. The molecular formula is C20H19BrN4O4S2. The van der Waals surface area contributed by atoms with E-state index >= 15 is 0 Å². The van der Waals surface area contributed by atoms with Gasteiger partial charge in [0.05, 0.1) is 38.2 Å². The smallest absolute Gasteiger partial charge is 0.348 e. The van der Waals surface area contributed by atoms with E-state index in [1.54, 1.807) is 17.8 Å². The maximum atomic E-state index is 12.2. The molecule has 162 valence electrons. The molecule has 0 spiro atoms. The van der Waals surface area contributed by atoms with Gasteiger partial charge in [-0.25, -0.2) is 9.59 Å². The summed E-state index contributed by atoms with van der Waals surface area (Å²) in [6.07, 6.45) is 3.46. The fraction of sp³-hybridized carbons (Fsp3) is 0.200. The van der Waals surface area contributed by atoms with Crippen LogP contribution in [0.1, 0.15) is 31.2 Å². The molecule has 2 aromatic heterocycles. The van der Waals surface area contributed by atoms with Gasteiger partial charge in [0.1, 0.15) is 9.88 Å². The number of nitrogens with one attached hydrogen (secondary N) is 2. The van der Waals surface area contributed by atoms with Crippen molar-refractivity contribution >= 4 is 67.2 Å². The topological polar surface area (TPSA) is 94.5 Å². The van der Waals surface area contributed by atoms with E-state index in [-0.39, 0.29) is 10.7 Å². The Balaban J connectivity index is 1.72. The number of halogens is 1. The van der Waals surface area contributed by atoms with Crippen LogP contribution in [0.25, 0.3) is 0 Å². The highest BCUT2D eigenvalue weighted by atomic mass is 79.9. The Labute approximate surface area is 196 Å². The van der Waals surface area contributed by atoms with E-state index in [2.05, 4.69) is 31.7 Å². The standard InChI is InChI=1S/C20H19BrN4O4S2/c1-11-15(18(26)28-2)17(31-16(11)19(27)29-3)24-20(30)23-14-8-22-25(10-14)9-12-4-6-13(21)7-5-12/h4-8,10H,9H2,1-3H3,(H2,23,24,30). The lowest BCUT2D eigenvalue weighted by Gasteiger charge is -2.09. The van der Waals surface area contributed by atoms with Crippen LogP contribution < -0.4 is 10.6 Å². The molecule has 11 heteroatoms. The van der Waals surface area contributed by atoms with Gasteiger partial charge in [-0.1, -0.05) is 28.1 Å². The zero-order valence-corrected chi connectivity index (χ0v) is 20.1. The molecule has 1 aromatic carbocycles. The average Bonchev–Trinajstić information content (AvgIpc) is 3.32. The third-order valence-electron chi connectivity index (χ3n) is 4.28. The van der Waals surface area contributed by atoms with Crippen LogP contribution in [0.5, 0.6) is 0 Å². The normalized spacial score (nSPS) is 10.5. The number of benzene rings is 1. The van der Waals surface area contributed by atoms with Crippen LogP contribution in [0.2, 0.25) is 0 Å². The van der Waals surface area contributed by atoms with Gasteiger partial charge in [-0.05, 0) is 42.4 Å². The molecule has 31 heavy (non-hydrogen) atoms. The monoisotopic (exact) mass is 522 g/mol. The van der Waals surface area contributed by atoms with Crippen molar-refractivity contribution in [3.8, 4) is 0 Å². The van der Waals surface area contributed by atoms with Gasteiger partial charge in [-0.2, -0.15) is 5.10 Å². The fourth-order valence-electron chi connectivity index (χ4n) is 2.79. The number of carbonyl (C=O) groups excluding carboxylic acids is 2. The summed E-state index contributed by atoms with van der Waals surface area (Å²) in [5, 5.41) is 11.0. The lowest BCUT2D eigenvalue weighted by molar-refractivity contribution is 0.0601. The van der Waals surface area contributed by atoms with Crippen LogP contribution >= 0.6 is 39.5 Å². The van der Waals surface area contributed by atoms with Crippen LogP contribution in [-0.4, -0.2) is 41.1 Å². The summed E-state index contributed by atoms with van der Waals surface area (Å²) < 4.78 is 12.4. The molecule has 0 aliphatic carbocycles. The van der Waals surface area contributed by atoms with Gasteiger partial charge < -0.3 is 20.1 Å². The molecule has 0 aliphatic heterocycles. The summed E-state index contributed by atoms with van der Waals surface area (Å²) in [5.74, 6) is -1.11. The lowest BCUT2D eigenvalue weighted by atomic mass is 10.1. The van der Waals surface area contributed by atoms with E-state index in [1.165, 1.54) is 14.2 Å². The molecular weight excluding hydrogens is 504 g/mol. The molecule has 0 aliphatic rings. The number of carbonyl (C=O) groups is 2. The lowest BCUT2D eigenvalue weighted by Crippen LogP contribution is -2.20. The van der Waals surface area contributed by atoms with Crippen LogP contribution in [0.15, 0.2) is 41.1 Å². The average molecular weight is 523 g/mol. The predicted molar refractivity (Wildman–Crippen MR) is 127 cm³/mol. The van der Waals surface area contributed by atoms with Gasteiger partial charge in [0.2, 0.25) is 0 Å². The SMILES string of the molecule is COC(=O)c1sc(NC(=S)Nc2cnn(Cc3ccc(Br)cc3)c2)c(C(=O)OC)c1C. The first kappa shape index (κ1) is 22.9. The van der Waals surface area contributed by atoms with Crippen molar-refractivity contribution in [2.45, 2.75) is 13.5 Å². The summed E-state index contributed by atoms with van der Waals surface area (Å²) >= 11 is 9.86. The zero-order chi connectivity index (χ0) is 22.5. The number of anilines is 2. The minimum absolute atomic E-state index is 0.239. The minimum atomic E-state index is -0.573. The van der Waals surface area contributed by atoms with Crippen molar-refractivity contribution in [2.75, 3.05) is 24.9 Å². The molecule has 0 unspecified atom stereocenters. The Hall–Kier alpha value is -2.76. The minimum Gasteiger partial charge on any atom is -0.465 e. The second-order valence-electron chi connectivity index (χ2n) is 6.38. The first-order chi connectivity index (χ1) is 14.8. The largest absolute Gasteiger partial charge is 0.465 e. The van der Waals surface area contributed by atoms with E-state index in [1.807, 2.05) is 30.5 Å². The molecule has 0 saturated heterocycles. The predicted octanol–water partition coefficient (Wildman–Crippen LogP) is 4.45. The van der Waals surface area contributed by atoms with Crippen molar-refractivity contribution < 1.29 is 19.1 Å². The van der Waals surface area contributed by atoms with Crippen LogP contribution in [-0.2, 0) is 16.0 Å². The third-order valence-corrected chi connectivity index (χ3v) is 6.20. The number of thiophene rings is 1. The first-order valence-electron chi connectivity index (χ1n) is 8.97. The van der Waals surface area contributed by atoms with Crippen molar-refractivity contribution in [1.82, 2.24) is 9.78 Å². The molecule has 2 N–H and O–H groups in total. The van der Waals surface area contributed by atoms with Gasteiger partial charge in [0.15, 0.2) is 5.11 Å². The molecule has 0 fully saturated rings. The number of ether oxygens (including phenoxy) is 2. The van der Waals surface area contributed by atoms with Gasteiger partial charge >= 0.3 is 11.9 Å². The summed E-state index contributed by atoms with van der Waals surface area (Å²) in [6, 6.07) is 7.97. The Morgan fingerprint density at radius 3 is 2.48 bits per heavy atom. The second-order valence-corrected chi connectivity index (χ2v) is 8.72.